The Kier molecular flexibility index (Phi) is 7.34. The minimum Gasteiger partial charge on any atom is -0.489 e. The maximum Gasteiger partial charge on any atom is 0.408 e. The molecule has 5 amide bonds. The summed E-state index contributed by atoms with van der Waals surface area (Å²) in [7, 11) is 0. The first-order valence-electron chi connectivity index (χ1n) is 12.9. The van der Waals surface area contributed by atoms with Crippen LogP contribution in [0.3, 0.4) is 0 Å². The second-order valence-electron chi connectivity index (χ2n) is 11.5. The number of likely N-dealkylation sites (tertiary alicyclic amines) is 1. The highest BCUT2D eigenvalue weighted by atomic mass is 16.6. The lowest BCUT2D eigenvalue weighted by Crippen LogP contribution is -2.57. The number of alkyl carbamates (subject to hydrolysis) is 1. The monoisotopic (exact) mass is 536 g/mol. The van der Waals surface area contributed by atoms with Crippen molar-refractivity contribution >= 4 is 23.9 Å². The number of rotatable bonds is 7. The minimum absolute atomic E-state index is 0.0435. The Morgan fingerprint density at radius 2 is 1.77 bits per heavy atom. The molecule has 2 atom stereocenters. The molecule has 2 aliphatic heterocycles. The number of amides is 5. The van der Waals surface area contributed by atoms with Crippen LogP contribution in [0.15, 0.2) is 42.5 Å². The van der Waals surface area contributed by atoms with Crippen molar-refractivity contribution < 1.29 is 28.7 Å². The number of urea groups is 1. The maximum absolute atomic E-state index is 13.9. The van der Waals surface area contributed by atoms with Gasteiger partial charge in [-0.3, -0.25) is 14.9 Å². The molecule has 2 aliphatic rings. The quantitative estimate of drug-likeness (QED) is 0.466. The molecular formula is C29H36N4O6. The summed E-state index contributed by atoms with van der Waals surface area (Å²) < 4.78 is 11.5. The summed E-state index contributed by atoms with van der Waals surface area (Å²) in [5, 5.41) is 7.61. The number of aryl methyl sites for hydroxylation is 2. The zero-order valence-electron chi connectivity index (χ0n) is 23.3. The number of imide groups is 1. The number of ether oxygens (including phenoxy) is 2. The Hall–Kier alpha value is -4.08. The third-order valence-corrected chi connectivity index (χ3v) is 6.99. The van der Waals surface area contributed by atoms with Gasteiger partial charge in [-0.2, -0.15) is 0 Å². The topological polar surface area (TPSA) is 126 Å². The largest absolute Gasteiger partial charge is 0.489 e. The SMILES string of the molecule is Cc1ccc(C)c(COc2ccc(C3(NC(=O)OC(C)(C)C)CCN(CC4(C)NC(=O)NC4=O)C3=O)cc2)c1. The van der Waals surface area contributed by atoms with Crippen molar-refractivity contribution in [2.45, 2.75) is 71.2 Å². The number of carbonyl (C=O) groups excluding carboxylic acids is 4. The summed E-state index contributed by atoms with van der Waals surface area (Å²) in [5.41, 5.74) is 0.472. The number of hydrogen-bond acceptors (Lipinski definition) is 6. The number of hydrogen-bond donors (Lipinski definition) is 3. The van der Waals surface area contributed by atoms with Crippen LogP contribution in [-0.2, 0) is 26.5 Å². The summed E-state index contributed by atoms with van der Waals surface area (Å²) in [6.45, 7) is 11.5. The van der Waals surface area contributed by atoms with E-state index in [2.05, 4.69) is 34.1 Å². The molecule has 2 unspecified atom stereocenters. The molecule has 0 radical (unpaired) electrons. The average Bonchev–Trinajstić information content (AvgIpc) is 3.28. The zero-order chi connectivity index (χ0) is 28.6. The van der Waals surface area contributed by atoms with Crippen LogP contribution in [0.4, 0.5) is 9.59 Å². The van der Waals surface area contributed by atoms with Gasteiger partial charge in [-0.25, -0.2) is 9.59 Å². The predicted molar refractivity (Wildman–Crippen MR) is 144 cm³/mol. The number of benzene rings is 2. The molecule has 2 heterocycles. The van der Waals surface area contributed by atoms with Crippen molar-refractivity contribution in [1.82, 2.24) is 20.9 Å². The lowest BCUT2D eigenvalue weighted by Gasteiger charge is -2.32. The molecule has 2 saturated heterocycles. The Morgan fingerprint density at radius 3 is 2.38 bits per heavy atom. The van der Waals surface area contributed by atoms with E-state index in [0.717, 1.165) is 16.7 Å². The summed E-state index contributed by atoms with van der Waals surface area (Å²) in [6.07, 6.45) is -0.481. The fourth-order valence-electron chi connectivity index (χ4n) is 4.89. The van der Waals surface area contributed by atoms with Gasteiger partial charge >= 0.3 is 12.1 Å². The molecule has 39 heavy (non-hydrogen) atoms. The van der Waals surface area contributed by atoms with Crippen LogP contribution in [0, 0.1) is 13.8 Å². The first kappa shape index (κ1) is 27.9. The molecule has 2 fully saturated rings. The Labute approximate surface area is 228 Å². The Bertz CT molecular complexity index is 1300. The van der Waals surface area contributed by atoms with Crippen LogP contribution < -0.4 is 20.7 Å². The summed E-state index contributed by atoms with van der Waals surface area (Å²) in [4.78, 5) is 52.4. The van der Waals surface area contributed by atoms with E-state index < -0.39 is 40.6 Å². The van der Waals surface area contributed by atoms with E-state index in [1.54, 1.807) is 52.0 Å². The number of nitrogens with zero attached hydrogens (tertiary/aromatic N) is 1. The Balaban J connectivity index is 1.57. The highest BCUT2D eigenvalue weighted by molar-refractivity contribution is 6.07. The van der Waals surface area contributed by atoms with Gasteiger partial charge in [0.2, 0.25) is 0 Å². The normalized spacial score (nSPS) is 22.9. The van der Waals surface area contributed by atoms with Gasteiger partial charge in [0, 0.05) is 13.0 Å². The van der Waals surface area contributed by atoms with Crippen molar-refractivity contribution in [3.63, 3.8) is 0 Å². The number of carbonyl (C=O) groups is 4. The highest BCUT2D eigenvalue weighted by Crippen LogP contribution is 2.36. The van der Waals surface area contributed by atoms with Gasteiger partial charge in [0.05, 0.1) is 6.54 Å². The standard InChI is InChI=1S/C29H36N4O6/c1-18-7-8-19(2)20(15-18)16-38-22-11-9-21(10-12-22)29(32-26(37)39-27(3,4)5)13-14-33(24(29)35)17-28(6)23(34)30-25(36)31-28/h7-12,15H,13-14,16-17H2,1-6H3,(H,32,37)(H2,30,31,34,36). The van der Waals surface area contributed by atoms with E-state index >= 15 is 0 Å². The van der Waals surface area contributed by atoms with Crippen molar-refractivity contribution in [2.24, 2.45) is 0 Å². The highest BCUT2D eigenvalue weighted by Gasteiger charge is 2.53. The first-order valence-corrected chi connectivity index (χ1v) is 12.9. The van der Waals surface area contributed by atoms with E-state index in [-0.39, 0.29) is 19.5 Å². The second-order valence-corrected chi connectivity index (χ2v) is 11.5. The molecule has 208 valence electrons. The van der Waals surface area contributed by atoms with E-state index in [1.807, 2.05) is 13.8 Å². The van der Waals surface area contributed by atoms with Gasteiger partial charge < -0.3 is 25.0 Å². The van der Waals surface area contributed by atoms with Crippen molar-refractivity contribution in [3.05, 3.63) is 64.7 Å². The third-order valence-electron chi connectivity index (χ3n) is 6.99. The molecule has 3 N–H and O–H groups in total. The average molecular weight is 537 g/mol. The van der Waals surface area contributed by atoms with Crippen LogP contribution in [-0.4, -0.2) is 53.1 Å². The van der Waals surface area contributed by atoms with E-state index in [9.17, 15) is 19.2 Å². The van der Waals surface area contributed by atoms with E-state index in [0.29, 0.717) is 17.9 Å². The fraction of sp³-hybridized carbons (Fsp3) is 0.448. The van der Waals surface area contributed by atoms with Crippen LogP contribution in [0.1, 0.15) is 56.4 Å². The van der Waals surface area contributed by atoms with Gasteiger partial charge in [-0.1, -0.05) is 35.9 Å². The molecule has 2 aromatic carbocycles. The molecule has 0 bridgehead atoms. The lowest BCUT2D eigenvalue weighted by atomic mass is 9.88. The molecular weight excluding hydrogens is 500 g/mol. The first-order chi connectivity index (χ1) is 18.2. The third kappa shape index (κ3) is 6.00. The molecule has 0 aromatic heterocycles. The zero-order valence-corrected chi connectivity index (χ0v) is 23.3. The summed E-state index contributed by atoms with van der Waals surface area (Å²) in [5.74, 6) is -0.289. The van der Waals surface area contributed by atoms with Crippen molar-refractivity contribution in [1.29, 1.82) is 0 Å². The van der Waals surface area contributed by atoms with Gasteiger partial charge in [0.1, 0.15) is 29.0 Å². The molecule has 0 saturated carbocycles. The molecule has 10 nitrogen and oxygen atoms in total. The predicted octanol–water partition coefficient (Wildman–Crippen LogP) is 3.43. The van der Waals surface area contributed by atoms with E-state index in [4.69, 9.17) is 9.47 Å². The molecule has 0 aliphatic carbocycles. The molecule has 4 rings (SSSR count). The van der Waals surface area contributed by atoms with Gasteiger partial charge in [0.15, 0.2) is 0 Å². The molecule has 10 heteroatoms. The molecule has 2 aromatic rings. The summed E-state index contributed by atoms with van der Waals surface area (Å²) >= 11 is 0. The molecule has 0 spiro atoms. The smallest absolute Gasteiger partial charge is 0.408 e. The van der Waals surface area contributed by atoms with Crippen molar-refractivity contribution in [2.75, 3.05) is 13.1 Å². The minimum atomic E-state index is -1.41. The van der Waals surface area contributed by atoms with E-state index in [1.165, 1.54) is 4.90 Å². The van der Waals surface area contributed by atoms with Gasteiger partial charge in [-0.15, -0.1) is 0 Å². The fourth-order valence-corrected chi connectivity index (χ4v) is 4.89. The van der Waals surface area contributed by atoms with Gasteiger partial charge in [-0.05, 0) is 70.4 Å². The van der Waals surface area contributed by atoms with Crippen LogP contribution in [0.2, 0.25) is 0 Å². The second kappa shape index (κ2) is 10.2. The maximum atomic E-state index is 13.9. The van der Waals surface area contributed by atoms with Gasteiger partial charge in [0.25, 0.3) is 11.8 Å². The van der Waals surface area contributed by atoms with Crippen molar-refractivity contribution in [3.8, 4) is 5.75 Å². The van der Waals surface area contributed by atoms with Crippen LogP contribution in [0.25, 0.3) is 0 Å². The Morgan fingerprint density at radius 1 is 1.08 bits per heavy atom. The van der Waals surface area contributed by atoms with Crippen LogP contribution in [0.5, 0.6) is 5.75 Å². The van der Waals surface area contributed by atoms with Crippen LogP contribution >= 0.6 is 0 Å². The summed E-state index contributed by atoms with van der Waals surface area (Å²) in [6, 6.07) is 12.6. The number of nitrogens with one attached hydrogen (secondary N) is 3. The lowest BCUT2D eigenvalue weighted by molar-refractivity contribution is -0.135.